The highest BCUT2D eigenvalue weighted by atomic mass is 16.2. The van der Waals surface area contributed by atoms with Crippen LogP contribution in [-0.2, 0) is 9.59 Å². The predicted octanol–water partition coefficient (Wildman–Crippen LogP) is -0.290. The van der Waals surface area contributed by atoms with Crippen LogP contribution in [0.5, 0.6) is 0 Å². The fourth-order valence-electron chi connectivity index (χ4n) is 1.94. The molecular formula is C11H21N3O2. The number of carbonyl (C=O) groups is 2. The second-order valence-electron chi connectivity index (χ2n) is 4.18. The van der Waals surface area contributed by atoms with Gasteiger partial charge in [0.25, 0.3) is 0 Å². The van der Waals surface area contributed by atoms with E-state index >= 15 is 0 Å². The molecule has 1 fully saturated rings. The third-order valence-electron chi connectivity index (χ3n) is 2.84. The smallest absolute Gasteiger partial charge is 0.239 e. The molecule has 1 heterocycles. The molecule has 0 radical (unpaired) electrons. The minimum Gasteiger partial charge on any atom is -0.354 e. The monoisotopic (exact) mass is 227 g/mol. The van der Waals surface area contributed by atoms with E-state index < -0.39 is 0 Å². The maximum atomic E-state index is 12.1. The molecule has 1 aliphatic heterocycles. The standard InChI is InChI=1S/C11H21N3O2/c1-2-4-9(7-12)11(16)14-6-3-5-13-10(15)8-14/h9H,2-8,12H2,1H3,(H,13,15). The first-order valence-corrected chi connectivity index (χ1v) is 5.94. The summed E-state index contributed by atoms with van der Waals surface area (Å²) >= 11 is 0. The lowest BCUT2D eigenvalue weighted by Crippen LogP contribution is -2.42. The first-order chi connectivity index (χ1) is 7.69. The molecule has 5 heteroatoms. The summed E-state index contributed by atoms with van der Waals surface area (Å²) in [6, 6.07) is 0. The molecule has 0 aromatic heterocycles. The van der Waals surface area contributed by atoms with E-state index in [2.05, 4.69) is 5.32 Å². The molecule has 1 saturated heterocycles. The van der Waals surface area contributed by atoms with Crippen molar-refractivity contribution in [1.29, 1.82) is 0 Å². The second-order valence-corrected chi connectivity index (χ2v) is 4.18. The number of hydrogen-bond donors (Lipinski definition) is 2. The molecular weight excluding hydrogens is 206 g/mol. The van der Waals surface area contributed by atoms with Crippen LogP contribution in [0.2, 0.25) is 0 Å². The fourth-order valence-corrected chi connectivity index (χ4v) is 1.94. The first-order valence-electron chi connectivity index (χ1n) is 5.94. The molecule has 1 unspecified atom stereocenters. The molecule has 5 nitrogen and oxygen atoms in total. The van der Waals surface area contributed by atoms with Crippen molar-refractivity contribution >= 4 is 11.8 Å². The van der Waals surface area contributed by atoms with Gasteiger partial charge in [0.2, 0.25) is 11.8 Å². The maximum absolute atomic E-state index is 12.1. The van der Waals surface area contributed by atoms with Crippen molar-refractivity contribution in [3.63, 3.8) is 0 Å². The van der Waals surface area contributed by atoms with Crippen LogP contribution < -0.4 is 11.1 Å². The van der Waals surface area contributed by atoms with E-state index in [-0.39, 0.29) is 24.3 Å². The molecule has 0 aliphatic carbocycles. The largest absolute Gasteiger partial charge is 0.354 e. The average molecular weight is 227 g/mol. The highest BCUT2D eigenvalue weighted by molar-refractivity contribution is 5.86. The second kappa shape index (κ2) is 6.48. The Kier molecular flexibility index (Phi) is 5.25. The van der Waals surface area contributed by atoms with Crippen molar-refractivity contribution in [2.75, 3.05) is 26.2 Å². The van der Waals surface area contributed by atoms with Gasteiger partial charge in [0, 0.05) is 19.6 Å². The predicted molar refractivity (Wildman–Crippen MR) is 61.7 cm³/mol. The number of carbonyl (C=O) groups excluding carboxylic acids is 2. The third-order valence-corrected chi connectivity index (χ3v) is 2.84. The van der Waals surface area contributed by atoms with Gasteiger partial charge in [-0.05, 0) is 12.8 Å². The summed E-state index contributed by atoms with van der Waals surface area (Å²) in [5.74, 6) is -0.171. The minimum atomic E-state index is -0.129. The van der Waals surface area contributed by atoms with Crippen molar-refractivity contribution < 1.29 is 9.59 Å². The van der Waals surface area contributed by atoms with Crippen LogP contribution in [-0.4, -0.2) is 42.9 Å². The summed E-state index contributed by atoms with van der Waals surface area (Å²) in [5.41, 5.74) is 5.59. The van der Waals surface area contributed by atoms with Crippen molar-refractivity contribution in [1.82, 2.24) is 10.2 Å². The quantitative estimate of drug-likeness (QED) is 0.693. The van der Waals surface area contributed by atoms with Gasteiger partial charge < -0.3 is 16.0 Å². The lowest BCUT2D eigenvalue weighted by atomic mass is 10.0. The molecule has 0 aromatic carbocycles. The Labute approximate surface area is 96.4 Å². The van der Waals surface area contributed by atoms with Gasteiger partial charge in [0.1, 0.15) is 0 Å². The Hall–Kier alpha value is -1.10. The number of nitrogens with one attached hydrogen (secondary N) is 1. The van der Waals surface area contributed by atoms with Crippen LogP contribution in [0.1, 0.15) is 26.2 Å². The lowest BCUT2D eigenvalue weighted by molar-refractivity contribution is -0.138. The van der Waals surface area contributed by atoms with E-state index in [4.69, 9.17) is 5.73 Å². The normalized spacial score (nSPS) is 18.9. The summed E-state index contributed by atoms with van der Waals surface area (Å²) in [5, 5.41) is 2.75. The van der Waals surface area contributed by atoms with Crippen molar-refractivity contribution in [2.45, 2.75) is 26.2 Å². The lowest BCUT2D eigenvalue weighted by Gasteiger charge is -2.24. The first kappa shape index (κ1) is 13.0. The zero-order valence-electron chi connectivity index (χ0n) is 9.87. The Morgan fingerprint density at radius 3 is 3.00 bits per heavy atom. The van der Waals surface area contributed by atoms with Gasteiger partial charge in [-0.15, -0.1) is 0 Å². The van der Waals surface area contributed by atoms with E-state index in [1.54, 1.807) is 4.90 Å². The van der Waals surface area contributed by atoms with Gasteiger partial charge >= 0.3 is 0 Å². The number of hydrogen-bond acceptors (Lipinski definition) is 3. The topological polar surface area (TPSA) is 75.4 Å². The summed E-state index contributed by atoms with van der Waals surface area (Å²) in [4.78, 5) is 25.0. The highest BCUT2D eigenvalue weighted by Crippen LogP contribution is 2.10. The molecule has 16 heavy (non-hydrogen) atoms. The zero-order valence-corrected chi connectivity index (χ0v) is 9.87. The van der Waals surface area contributed by atoms with Crippen LogP contribution in [0.4, 0.5) is 0 Å². The van der Waals surface area contributed by atoms with E-state index in [1.165, 1.54) is 0 Å². The highest BCUT2D eigenvalue weighted by Gasteiger charge is 2.25. The zero-order chi connectivity index (χ0) is 12.0. The molecule has 2 amide bonds. The molecule has 0 saturated carbocycles. The summed E-state index contributed by atoms with van der Waals surface area (Å²) < 4.78 is 0. The summed E-state index contributed by atoms with van der Waals surface area (Å²) in [6.45, 7) is 3.89. The fraction of sp³-hybridized carbons (Fsp3) is 0.818. The van der Waals surface area contributed by atoms with Crippen LogP contribution in [0.15, 0.2) is 0 Å². The van der Waals surface area contributed by atoms with Gasteiger partial charge in [0.05, 0.1) is 12.5 Å². The van der Waals surface area contributed by atoms with Crippen LogP contribution in [0.3, 0.4) is 0 Å². The van der Waals surface area contributed by atoms with Gasteiger partial charge in [-0.2, -0.15) is 0 Å². The Bertz CT molecular complexity index is 256. The SMILES string of the molecule is CCCC(CN)C(=O)N1CCCNC(=O)C1. The van der Waals surface area contributed by atoms with Gasteiger partial charge in [-0.25, -0.2) is 0 Å². The van der Waals surface area contributed by atoms with Gasteiger partial charge in [-0.3, -0.25) is 9.59 Å². The van der Waals surface area contributed by atoms with E-state index in [1.807, 2.05) is 6.92 Å². The minimum absolute atomic E-state index is 0.0291. The molecule has 92 valence electrons. The van der Waals surface area contributed by atoms with Crippen LogP contribution in [0.25, 0.3) is 0 Å². The molecule has 3 N–H and O–H groups in total. The van der Waals surface area contributed by atoms with E-state index in [0.29, 0.717) is 19.6 Å². The van der Waals surface area contributed by atoms with Crippen LogP contribution in [0, 0.1) is 5.92 Å². The third kappa shape index (κ3) is 3.48. The summed E-state index contributed by atoms with van der Waals surface area (Å²) in [7, 11) is 0. The van der Waals surface area contributed by atoms with Crippen molar-refractivity contribution in [3.05, 3.63) is 0 Å². The number of amides is 2. The van der Waals surface area contributed by atoms with Crippen LogP contribution >= 0.6 is 0 Å². The molecule has 1 rings (SSSR count). The molecule has 0 bridgehead atoms. The maximum Gasteiger partial charge on any atom is 0.239 e. The number of nitrogens with two attached hydrogens (primary N) is 1. The summed E-state index contributed by atoms with van der Waals surface area (Å²) in [6.07, 6.45) is 2.56. The van der Waals surface area contributed by atoms with E-state index in [9.17, 15) is 9.59 Å². The number of nitrogens with zero attached hydrogens (tertiary/aromatic N) is 1. The molecule has 0 aromatic rings. The number of rotatable bonds is 4. The average Bonchev–Trinajstić information content (AvgIpc) is 2.50. The van der Waals surface area contributed by atoms with Gasteiger partial charge in [0.15, 0.2) is 0 Å². The molecule has 1 aliphatic rings. The Morgan fingerprint density at radius 2 is 2.38 bits per heavy atom. The molecule has 1 atom stereocenters. The Morgan fingerprint density at radius 1 is 1.62 bits per heavy atom. The van der Waals surface area contributed by atoms with Crippen molar-refractivity contribution in [3.8, 4) is 0 Å². The Balaban J connectivity index is 2.59. The van der Waals surface area contributed by atoms with Gasteiger partial charge in [-0.1, -0.05) is 13.3 Å². The molecule has 0 spiro atoms. The van der Waals surface area contributed by atoms with Crippen molar-refractivity contribution in [2.24, 2.45) is 11.7 Å². The van der Waals surface area contributed by atoms with E-state index in [0.717, 1.165) is 19.3 Å².